The zero-order chi connectivity index (χ0) is 14.8. The van der Waals surface area contributed by atoms with E-state index in [1.54, 1.807) is 6.07 Å². The van der Waals surface area contributed by atoms with Gasteiger partial charge in [0.15, 0.2) is 0 Å². The van der Waals surface area contributed by atoms with Crippen LogP contribution in [-0.4, -0.2) is 29.6 Å². The number of fused-ring (bicyclic) bond motifs is 1. The molecule has 5 nitrogen and oxygen atoms in total. The van der Waals surface area contributed by atoms with Crippen LogP contribution < -0.4 is 11.1 Å². The summed E-state index contributed by atoms with van der Waals surface area (Å²) in [6.45, 7) is 2.70. The van der Waals surface area contributed by atoms with Crippen molar-refractivity contribution in [1.82, 2.24) is 10.3 Å². The summed E-state index contributed by atoms with van der Waals surface area (Å²) in [5.74, 6) is -0.174. The molecule has 2 heterocycles. The summed E-state index contributed by atoms with van der Waals surface area (Å²) in [6.07, 6.45) is 1.84. The van der Waals surface area contributed by atoms with E-state index >= 15 is 0 Å². The number of hydrogen-bond acceptors (Lipinski definition) is 4. The van der Waals surface area contributed by atoms with Crippen molar-refractivity contribution >= 4 is 22.5 Å². The molecule has 0 aliphatic carbocycles. The molecule has 3 N–H and O–H groups in total. The van der Waals surface area contributed by atoms with E-state index in [1.807, 2.05) is 31.2 Å². The van der Waals surface area contributed by atoms with E-state index < -0.39 is 0 Å². The van der Waals surface area contributed by atoms with Crippen LogP contribution in [0.1, 0.15) is 30.3 Å². The highest BCUT2D eigenvalue weighted by Crippen LogP contribution is 2.20. The van der Waals surface area contributed by atoms with Crippen molar-refractivity contribution in [2.75, 3.05) is 12.3 Å². The molecule has 5 heteroatoms. The molecular weight excluding hydrogens is 266 g/mol. The molecule has 2 aromatic rings. The van der Waals surface area contributed by atoms with Crippen molar-refractivity contribution in [3.63, 3.8) is 0 Å². The first-order valence-corrected chi connectivity index (χ1v) is 7.21. The number of anilines is 1. The van der Waals surface area contributed by atoms with Crippen molar-refractivity contribution in [3.8, 4) is 0 Å². The third-order valence-corrected chi connectivity index (χ3v) is 3.80. The van der Waals surface area contributed by atoms with Gasteiger partial charge < -0.3 is 15.8 Å². The van der Waals surface area contributed by atoms with E-state index in [1.165, 1.54) is 0 Å². The number of nitrogens with zero attached hydrogens (tertiary/aromatic N) is 1. The lowest BCUT2D eigenvalue weighted by molar-refractivity contribution is 0.0136. The SMILES string of the molecule is CC1CC(NC(=O)c2cc(N)c3ccccc3n2)CCO1. The van der Waals surface area contributed by atoms with Crippen LogP contribution in [0.2, 0.25) is 0 Å². The summed E-state index contributed by atoms with van der Waals surface area (Å²) < 4.78 is 5.49. The molecule has 0 radical (unpaired) electrons. The predicted molar refractivity (Wildman–Crippen MR) is 82.1 cm³/mol. The molecule has 1 aromatic heterocycles. The van der Waals surface area contributed by atoms with Crippen LogP contribution in [0.25, 0.3) is 10.9 Å². The second kappa shape index (κ2) is 5.69. The maximum atomic E-state index is 12.3. The van der Waals surface area contributed by atoms with Crippen LogP contribution in [0, 0.1) is 0 Å². The second-order valence-corrected chi connectivity index (χ2v) is 5.49. The molecule has 3 rings (SSSR count). The predicted octanol–water partition coefficient (Wildman–Crippen LogP) is 2.11. The zero-order valence-corrected chi connectivity index (χ0v) is 12.0. The van der Waals surface area contributed by atoms with Gasteiger partial charge in [-0.15, -0.1) is 0 Å². The van der Waals surface area contributed by atoms with Crippen LogP contribution in [0.3, 0.4) is 0 Å². The van der Waals surface area contributed by atoms with Gasteiger partial charge >= 0.3 is 0 Å². The lowest BCUT2D eigenvalue weighted by Gasteiger charge is -2.27. The van der Waals surface area contributed by atoms with Crippen LogP contribution in [0.4, 0.5) is 5.69 Å². The van der Waals surface area contributed by atoms with E-state index in [4.69, 9.17) is 10.5 Å². The van der Waals surface area contributed by atoms with E-state index in [-0.39, 0.29) is 18.1 Å². The van der Waals surface area contributed by atoms with Crippen LogP contribution in [-0.2, 0) is 4.74 Å². The number of carbonyl (C=O) groups is 1. The van der Waals surface area contributed by atoms with Crippen molar-refractivity contribution in [3.05, 3.63) is 36.0 Å². The molecule has 1 amide bonds. The maximum absolute atomic E-state index is 12.3. The number of pyridine rings is 1. The van der Waals surface area contributed by atoms with Gasteiger partial charge in [-0.1, -0.05) is 18.2 Å². The summed E-state index contributed by atoms with van der Waals surface area (Å²) in [5.41, 5.74) is 7.69. The number of nitrogens with one attached hydrogen (secondary N) is 1. The standard InChI is InChI=1S/C16H19N3O2/c1-10-8-11(6-7-21-10)18-16(20)15-9-13(17)12-4-2-3-5-14(12)19-15/h2-5,9-11H,6-8H2,1H3,(H2,17,19)(H,18,20). The number of amides is 1. The second-order valence-electron chi connectivity index (χ2n) is 5.49. The van der Waals surface area contributed by atoms with Gasteiger partial charge in [-0.3, -0.25) is 4.79 Å². The molecule has 0 spiro atoms. The number of rotatable bonds is 2. The van der Waals surface area contributed by atoms with Crippen molar-refractivity contribution < 1.29 is 9.53 Å². The highest BCUT2D eigenvalue weighted by molar-refractivity contribution is 5.99. The minimum atomic E-state index is -0.174. The summed E-state index contributed by atoms with van der Waals surface area (Å²) in [7, 11) is 0. The molecule has 110 valence electrons. The number of hydrogen-bond donors (Lipinski definition) is 2. The molecule has 21 heavy (non-hydrogen) atoms. The average Bonchev–Trinajstić information content (AvgIpc) is 2.47. The Morgan fingerprint density at radius 1 is 1.43 bits per heavy atom. The molecule has 1 fully saturated rings. The first-order chi connectivity index (χ1) is 10.1. The minimum Gasteiger partial charge on any atom is -0.398 e. The fourth-order valence-electron chi connectivity index (χ4n) is 2.71. The molecule has 1 aromatic carbocycles. The normalized spacial score (nSPS) is 22.1. The third kappa shape index (κ3) is 2.97. The summed E-state index contributed by atoms with van der Waals surface area (Å²) in [6, 6.07) is 9.33. The summed E-state index contributed by atoms with van der Waals surface area (Å²) in [5, 5.41) is 3.89. The Bertz CT molecular complexity index is 672. The maximum Gasteiger partial charge on any atom is 0.270 e. The Balaban J connectivity index is 1.81. The summed E-state index contributed by atoms with van der Waals surface area (Å²) >= 11 is 0. The smallest absolute Gasteiger partial charge is 0.270 e. The van der Waals surface area contributed by atoms with Gasteiger partial charge in [-0.05, 0) is 31.9 Å². The van der Waals surface area contributed by atoms with E-state index in [0.29, 0.717) is 18.0 Å². The monoisotopic (exact) mass is 285 g/mol. The Morgan fingerprint density at radius 3 is 3.05 bits per heavy atom. The highest BCUT2D eigenvalue weighted by Gasteiger charge is 2.22. The molecule has 0 saturated carbocycles. The van der Waals surface area contributed by atoms with Gasteiger partial charge in [0.2, 0.25) is 0 Å². The van der Waals surface area contributed by atoms with Gasteiger partial charge in [-0.25, -0.2) is 4.98 Å². The highest BCUT2D eigenvalue weighted by atomic mass is 16.5. The Labute approximate surface area is 123 Å². The Morgan fingerprint density at radius 2 is 2.24 bits per heavy atom. The molecule has 0 bridgehead atoms. The number of nitrogens with two attached hydrogens (primary N) is 1. The van der Waals surface area contributed by atoms with Gasteiger partial charge in [0.05, 0.1) is 11.6 Å². The first kappa shape index (κ1) is 13.8. The van der Waals surface area contributed by atoms with Gasteiger partial charge in [-0.2, -0.15) is 0 Å². The number of benzene rings is 1. The van der Waals surface area contributed by atoms with Crippen molar-refractivity contribution in [2.45, 2.75) is 31.9 Å². The van der Waals surface area contributed by atoms with Crippen LogP contribution in [0.15, 0.2) is 30.3 Å². The number of nitrogen functional groups attached to an aromatic ring is 1. The topological polar surface area (TPSA) is 77.2 Å². The molecule has 2 atom stereocenters. The molecule has 1 aliphatic heterocycles. The van der Waals surface area contributed by atoms with E-state index in [0.717, 1.165) is 23.7 Å². The van der Waals surface area contributed by atoms with E-state index in [2.05, 4.69) is 10.3 Å². The number of carbonyl (C=O) groups excluding carboxylic acids is 1. The lowest BCUT2D eigenvalue weighted by Crippen LogP contribution is -2.41. The van der Waals surface area contributed by atoms with Gasteiger partial charge in [0, 0.05) is 23.7 Å². The molecule has 1 saturated heterocycles. The number of aromatic nitrogens is 1. The van der Waals surface area contributed by atoms with Crippen LogP contribution >= 0.6 is 0 Å². The van der Waals surface area contributed by atoms with Gasteiger partial charge in [0.25, 0.3) is 5.91 Å². The Hall–Kier alpha value is -2.14. The quantitative estimate of drug-likeness (QED) is 0.886. The van der Waals surface area contributed by atoms with E-state index in [9.17, 15) is 4.79 Å². The van der Waals surface area contributed by atoms with Crippen molar-refractivity contribution in [2.24, 2.45) is 0 Å². The fourth-order valence-corrected chi connectivity index (χ4v) is 2.71. The molecule has 1 aliphatic rings. The summed E-state index contributed by atoms with van der Waals surface area (Å²) in [4.78, 5) is 16.7. The average molecular weight is 285 g/mol. The van der Waals surface area contributed by atoms with Crippen LogP contribution in [0.5, 0.6) is 0 Å². The minimum absolute atomic E-state index is 0.135. The lowest BCUT2D eigenvalue weighted by atomic mass is 10.0. The first-order valence-electron chi connectivity index (χ1n) is 7.21. The van der Waals surface area contributed by atoms with Crippen molar-refractivity contribution in [1.29, 1.82) is 0 Å². The fraction of sp³-hybridized carbons (Fsp3) is 0.375. The molecule has 2 unspecified atom stereocenters. The Kier molecular flexibility index (Phi) is 3.75. The zero-order valence-electron chi connectivity index (χ0n) is 12.0. The number of para-hydroxylation sites is 1. The largest absolute Gasteiger partial charge is 0.398 e. The number of ether oxygens (including phenoxy) is 1. The van der Waals surface area contributed by atoms with Gasteiger partial charge in [0.1, 0.15) is 5.69 Å². The molecular formula is C16H19N3O2. The third-order valence-electron chi connectivity index (χ3n) is 3.80.